The van der Waals surface area contributed by atoms with E-state index in [4.69, 9.17) is 0 Å². The number of fused-ring (bicyclic) bond motifs is 8. The van der Waals surface area contributed by atoms with Crippen LogP contribution in [0.15, 0.2) is 36.5 Å². The van der Waals surface area contributed by atoms with Crippen LogP contribution in [0, 0.1) is 11.8 Å². The molecule has 2 bridgehead atoms. The molecule has 1 aliphatic heterocycles. The molecule has 3 atom stereocenters. The molecule has 0 spiro atoms. The Morgan fingerprint density at radius 1 is 1.17 bits per heavy atom. The molecule has 5 rings (SSSR count). The number of benzene rings is 1. The van der Waals surface area contributed by atoms with E-state index in [0.29, 0.717) is 6.04 Å². The van der Waals surface area contributed by atoms with Crippen molar-refractivity contribution in [3.63, 3.8) is 0 Å². The molecule has 0 saturated heterocycles. The zero-order chi connectivity index (χ0) is 15.6. The van der Waals surface area contributed by atoms with Crippen molar-refractivity contribution in [3.05, 3.63) is 42.2 Å². The smallest absolute Gasteiger partial charge is 0.273 e. The third-order valence-corrected chi connectivity index (χ3v) is 5.81. The van der Waals surface area contributed by atoms with E-state index in [9.17, 15) is 9.90 Å². The molecule has 1 aromatic carbocycles. The molecule has 1 saturated carbocycles. The normalized spacial score (nSPS) is 26.7. The summed E-state index contributed by atoms with van der Waals surface area (Å²) in [5.41, 5.74) is 2.82. The summed E-state index contributed by atoms with van der Waals surface area (Å²) >= 11 is 0. The van der Waals surface area contributed by atoms with Gasteiger partial charge in [-0.05, 0) is 18.4 Å². The fourth-order valence-corrected chi connectivity index (χ4v) is 4.62. The van der Waals surface area contributed by atoms with Gasteiger partial charge < -0.3 is 10.1 Å². The van der Waals surface area contributed by atoms with Gasteiger partial charge in [0.15, 0.2) is 12.2 Å². The molecular formula is C19H19N2O2+. The summed E-state index contributed by atoms with van der Waals surface area (Å²) in [5.74, 6) is 0.278. The number of Topliss-reactive ketones (excluding diaryl/α,β-unsaturated/α-hetero) is 1. The molecular weight excluding hydrogens is 288 g/mol. The van der Waals surface area contributed by atoms with Gasteiger partial charge in [0.25, 0.3) is 5.69 Å². The van der Waals surface area contributed by atoms with E-state index in [0.717, 1.165) is 46.8 Å². The Labute approximate surface area is 133 Å². The van der Waals surface area contributed by atoms with Crippen LogP contribution in [0.5, 0.6) is 0 Å². The van der Waals surface area contributed by atoms with Gasteiger partial charge in [-0.15, -0.1) is 0 Å². The predicted molar refractivity (Wildman–Crippen MR) is 87.3 cm³/mol. The zero-order valence-electron chi connectivity index (χ0n) is 12.8. The third-order valence-electron chi connectivity index (χ3n) is 5.81. The van der Waals surface area contributed by atoms with Crippen LogP contribution in [0.3, 0.4) is 0 Å². The number of aliphatic hydroxyl groups is 1. The lowest BCUT2D eigenvalue weighted by atomic mass is 9.71. The van der Waals surface area contributed by atoms with Crippen molar-refractivity contribution in [2.45, 2.75) is 25.3 Å². The highest BCUT2D eigenvalue weighted by Gasteiger charge is 2.48. The largest absolute Gasteiger partial charge is 0.396 e. The Bertz CT molecular complexity index is 943. The first kappa shape index (κ1) is 13.3. The molecule has 4 heteroatoms. The Balaban J connectivity index is 1.82. The van der Waals surface area contributed by atoms with Crippen molar-refractivity contribution in [2.24, 2.45) is 11.8 Å². The van der Waals surface area contributed by atoms with E-state index in [-0.39, 0.29) is 24.2 Å². The van der Waals surface area contributed by atoms with Crippen LogP contribution in [0.25, 0.3) is 21.8 Å². The van der Waals surface area contributed by atoms with Crippen LogP contribution in [-0.2, 0) is 0 Å². The highest BCUT2D eigenvalue weighted by Crippen LogP contribution is 2.40. The van der Waals surface area contributed by atoms with Crippen LogP contribution >= 0.6 is 0 Å². The molecule has 2 aromatic heterocycles. The fourth-order valence-electron chi connectivity index (χ4n) is 4.62. The third kappa shape index (κ3) is 1.70. The molecule has 3 aromatic rings. The summed E-state index contributed by atoms with van der Waals surface area (Å²) < 4.78 is 2.17. The van der Waals surface area contributed by atoms with Crippen molar-refractivity contribution in [3.8, 4) is 0 Å². The zero-order valence-corrected chi connectivity index (χ0v) is 12.8. The van der Waals surface area contributed by atoms with E-state index >= 15 is 0 Å². The fraction of sp³-hybridized carbons (Fsp3) is 0.368. The first-order valence-corrected chi connectivity index (χ1v) is 8.37. The average molecular weight is 307 g/mol. The van der Waals surface area contributed by atoms with Gasteiger partial charge in [0, 0.05) is 47.7 Å². The van der Waals surface area contributed by atoms with Gasteiger partial charge in [-0.1, -0.05) is 18.2 Å². The summed E-state index contributed by atoms with van der Waals surface area (Å²) in [6.07, 6.45) is 4.93. The maximum absolute atomic E-state index is 13.1. The number of pyridine rings is 1. The van der Waals surface area contributed by atoms with Gasteiger partial charge in [0.2, 0.25) is 5.78 Å². The number of aromatic amines is 1. The summed E-state index contributed by atoms with van der Waals surface area (Å²) in [6, 6.07) is 10.7. The quantitative estimate of drug-likeness (QED) is 0.679. The molecule has 2 aliphatic rings. The first-order valence-electron chi connectivity index (χ1n) is 8.37. The van der Waals surface area contributed by atoms with Gasteiger partial charge in [-0.2, -0.15) is 4.57 Å². The van der Waals surface area contributed by atoms with Crippen LogP contribution < -0.4 is 4.57 Å². The van der Waals surface area contributed by atoms with Crippen molar-refractivity contribution in [2.75, 3.05) is 6.61 Å². The van der Waals surface area contributed by atoms with Crippen LogP contribution in [0.4, 0.5) is 0 Å². The summed E-state index contributed by atoms with van der Waals surface area (Å²) in [4.78, 5) is 16.6. The lowest BCUT2D eigenvalue weighted by Gasteiger charge is -2.35. The average Bonchev–Trinajstić information content (AvgIpc) is 2.98. The molecule has 1 fully saturated rings. The molecule has 0 amide bonds. The summed E-state index contributed by atoms with van der Waals surface area (Å²) in [5, 5.41) is 11.9. The number of rotatable bonds is 1. The lowest BCUT2D eigenvalue weighted by molar-refractivity contribution is -0.731. The number of aliphatic hydroxyl groups excluding tert-OH is 1. The Kier molecular flexibility index (Phi) is 2.68. The minimum absolute atomic E-state index is 0.0317. The summed E-state index contributed by atoms with van der Waals surface area (Å²) in [7, 11) is 0. The molecule has 2 N–H and O–H groups in total. The van der Waals surface area contributed by atoms with Crippen LogP contribution in [-0.4, -0.2) is 22.5 Å². The Morgan fingerprint density at radius 3 is 2.91 bits per heavy atom. The summed E-state index contributed by atoms with van der Waals surface area (Å²) in [6.45, 7) is 0.117. The second kappa shape index (κ2) is 4.65. The van der Waals surface area contributed by atoms with Crippen molar-refractivity contribution in [1.29, 1.82) is 0 Å². The number of ketones is 1. The number of aromatic nitrogens is 2. The molecule has 23 heavy (non-hydrogen) atoms. The van der Waals surface area contributed by atoms with E-state index < -0.39 is 0 Å². The molecule has 3 heterocycles. The second-order valence-electron chi connectivity index (χ2n) is 6.91. The highest BCUT2D eigenvalue weighted by molar-refractivity contribution is 6.14. The van der Waals surface area contributed by atoms with Crippen LogP contribution in [0.1, 0.15) is 35.8 Å². The highest BCUT2D eigenvalue weighted by atomic mass is 16.3. The lowest BCUT2D eigenvalue weighted by Crippen LogP contribution is -2.55. The number of hydrogen-bond acceptors (Lipinski definition) is 2. The van der Waals surface area contributed by atoms with E-state index in [1.807, 2.05) is 12.1 Å². The number of H-pyrrole nitrogens is 1. The molecule has 4 nitrogen and oxygen atoms in total. The number of hydrogen-bond donors (Lipinski definition) is 2. The monoisotopic (exact) mass is 307 g/mol. The van der Waals surface area contributed by atoms with E-state index in [1.165, 1.54) is 0 Å². The second-order valence-corrected chi connectivity index (χ2v) is 6.91. The SMILES string of the molecule is O=C1c2c3[nH]c4ccccc4c3cc[n+]2[C@@H]2CC[C@@H](CO)[C@H]1C2. The molecule has 116 valence electrons. The van der Waals surface area contributed by atoms with Crippen molar-refractivity contribution < 1.29 is 14.5 Å². The van der Waals surface area contributed by atoms with E-state index in [1.54, 1.807) is 0 Å². The maximum atomic E-state index is 13.1. The van der Waals surface area contributed by atoms with Crippen molar-refractivity contribution in [1.82, 2.24) is 4.98 Å². The van der Waals surface area contributed by atoms with Gasteiger partial charge >= 0.3 is 0 Å². The molecule has 1 aliphatic carbocycles. The van der Waals surface area contributed by atoms with Gasteiger partial charge in [-0.25, -0.2) is 0 Å². The number of carbonyl (C=O) groups is 1. The predicted octanol–water partition coefficient (Wildman–Crippen LogP) is 2.75. The Morgan fingerprint density at radius 2 is 2.04 bits per heavy atom. The topological polar surface area (TPSA) is 57.0 Å². The first-order chi connectivity index (χ1) is 11.3. The van der Waals surface area contributed by atoms with E-state index in [2.05, 4.69) is 33.9 Å². The maximum Gasteiger partial charge on any atom is 0.273 e. The number of carbonyl (C=O) groups excluding carboxylic acids is 1. The Hall–Kier alpha value is -2.20. The number of nitrogens with one attached hydrogen (secondary N) is 1. The van der Waals surface area contributed by atoms with Crippen LogP contribution in [0.2, 0.25) is 0 Å². The minimum Gasteiger partial charge on any atom is -0.396 e. The van der Waals surface area contributed by atoms with Gasteiger partial charge in [-0.3, -0.25) is 4.79 Å². The van der Waals surface area contributed by atoms with Gasteiger partial charge in [0.1, 0.15) is 5.52 Å². The minimum atomic E-state index is -0.0317. The molecule has 0 radical (unpaired) electrons. The van der Waals surface area contributed by atoms with Crippen molar-refractivity contribution >= 4 is 27.6 Å². The standard InChI is InChI=1S/C19H18N2O2/c22-10-11-5-6-12-9-15(11)19(23)18-17-14(7-8-21(12)18)13-3-1-2-4-16(13)20-17/h1-4,7-8,11-12,15,22H,5-6,9-10H2/p+1/t11-,12+,15+/m0/s1. The molecule has 0 unspecified atom stereocenters. The number of para-hydroxylation sites is 1. The number of nitrogens with zero attached hydrogens (tertiary/aromatic N) is 1. The van der Waals surface area contributed by atoms with Gasteiger partial charge in [0.05, 0.1) is 0 Å².